The molecule has 190 valence electrons. The average molecular weight is 500 g/mol. The van der Waals surface area contributed by atoms with Crippen molar-refractivity contribution in [2.75, 3.05) is 12.0 Å². The molecule has 1 aliphatic rings. The standard InChI is InChI=1S/C30H29NO6/c1-17(2)37-30(35)20-9-11-22(12-10-20)31-26(21-8-6-7-18(3)15-21)25(28(33)29(31)34)27(32)24-14-13-23(36-5)16-19(24)4/h6-17,26,32H,1-5H3/b27-25-. The second-order valence-corrected chi connectivity index (χ2v) is 9.27. The van der Waals surface area contributed by atoms with Gasteiger partial charge in [0.2, 0.25) is 0 Å². The summed E-state index contributed by atoms with van der Waals surface area (Å²) in [6, 6.07) is 18.0. The van der Waals surface area contributed by atoms with Gasteiger partial charge in [0.15, 0.2) is 0 Å². The minimum absolute atomic E-state index is 0.00726. The summed E-state index contributed by atoms with van der Waals surface area (Å²) in [5.41, 5.74) is 3.48. The molecule has 1 saturated heterocycles. The molecule has 0 bridgehead atoms. The fourth-order valence-electron chi connectivity index (χ4n) is 4.47. The fraction of sp³-hybridized carbons (Fsp3) is 0.233. The Kier molecular flexibility index (Phi) is 7.16. The number of ketones is 1. The second kappa shape index (κ2) is 10.3. The summed E-state index contributed by atoms with van der Waals surface area (Å²) in [4.78, 5) is 40.4. The highest BCUT2D eigenvalue weighted by Crippen LogP contribution is 2.43. The number of hydrogen-bond acceptors (Lipinski definition) is 6. The zero-order valence-corrected chi connectivity index (χ0v) is 21.4. The average Bonchev–Trinajstić information content (AvgIpc) is 3.13. The molecule has 1 N–H and O–H groups in total. The maximum atomic E-state index is 13.4. The van der Waals surface area contributed by atoms with Crippen LogP contribution in [0.1, 0.15) is 52.5 Å². The first-order valence-electron chi connectivity index (χ1n) is 12.0. The number of carbonyl (C=O) groups is 3. The number of Topliss-reactive ketones (excluding diaryl/α,β-unsaturated/α-hetero) is 1. The lowest BCUT2D eigenvalue weighted by Gasteiger charge is -2.26. The Morgan fingerprint density at radius 1 is 0.973 bits per heavy atom. The van der Waals surface area contributed by atoms with Gasteiger partial charge in [-0.3, -0.25) is 14.5 Å². The minimum atomic E-state index is -0.866. The third-order valence-electron chi connectivity index (χ3n) is 6.21. The fourth-order valence-corrected chi connectivity index (χ4v) is 4.47. The quantitative estimate of drug-likeness (QED) is 0.208. The minimum Gasteiger partial charge on any atom is -0.507 e. The third-order valence-corrected chi connectivity index (χ3v) is 6.21. The Morgan fingerprint density at radius 3 is 2.27 bits per heavy atom. The predicted molar refractivity (Wildman–Crippen MR) is 141 cm³/mol. The smallest absolute Gasteiger partial charge is 0.338 e. The Morgan fingerprint density at radius 2 is 1.68 bits per heavy atom. The van der Waals surface area contributed by atoms with Gasteiger partial charge in [0.25, 0.3) is 11.7 Å². The van der Waals surface area contributed by atoms with E-state index in [1.54, 1.807) is 70.3 Å². The van der Waals surface area contributed by atoms with Gasteiger partial charge in [-0.15, -0.1) is 0 Å². The lowest BCUT2D eigenvalue weighted by molar-refractivity contribution is -0.132. The molecule has 3 aromatic rings. The largest absolute Gasteiger partial charge is 0.507 e. The van der Waals surface area contributed by atoms with Crippen LogP contribution in [-0.2, 0) is 14.3 Å². The second-order valence-electron chi connectivity index (χ2n) is 9.27. The summed E-state index contributed by atoms with van der Waals surface area (Å²) >= 11 is 0. The van der Waals surface area contributed by atoms with Crippen molar-refractivity contribution >= 4 is 29.1 Å². The molecule has 1 heterocycles. The van der Waals surface area contributed by atoms with Crippen molar-refractivity contribution in [2.24, 2.45) is 0 Å². The Balaban J connectivity index is 1.86. The normalized spacial score (nSPS) is 16.8. The maximum Gasteiger partial charge on any atom is 0.338 e. The van der Waals surface area contributed by atoms with Crippen molar-refractivity contribution in [3.63, 3.8) is 0 Å². The highest BCUT2D eigenvalue weighted by atomic mass is 16.5. The first-order chi connectivity index (χ1) is 17.6. The number of nitrogens with zero attached hydrogens (tertiary/aromatic N) is 1. The van der Waals surface area contributed by atoms with Gasteiger partial charge in [0, 0.05) is 11.3 Å². The van der Waals surface area contributed by atoms with Crippen LogP contribution >= 0.6 is 0 Å². The summed E-state index contributed by atoms with van der Waals surface area (Å²) in [6.07, 6.45) is -0.271. The number of hydrogen-bond donors (Lipinski definition) is 1. The highest BCUT2D eigenvalue weighted by Gasteiger charge is 2.47. The molecule has 1 amide bonds. The summed E-state index contributed by atoms with van der Waals surface area (Å²) in [5.74, 6) is -1.68. The Labute approximate surface area is 215 Å². The number of aliphatic hydroxyl groups excluding tert-OH is 1. The molecule has 37 heavy (non-hydrogen) atoms. The van der Waals surface area contributed by atoms with Crippen LogP contribution in [0, 0.1) is 13.8 Å². The van der Waals surface area contributed by atoms with Gasteiger partial charge in [-0.1, -0.05) is 29.8 Å². The zero-order valence-electron chi connectivity index (χ0n) is 21.4. The molecule has 7 nitrogen and oxygen atoms in total. The van der Waals surface area contributed by atoms with E-state index in [2.05, 4.69) is 0 Å². The molecule has 1 aliphatic heterocycles. The van der Waals surface area contributed by atoms with Crippen molar-refractivity contribution in [3.05, 3.63) is 100 Å². The van der Waals surface area contributed by atoms with Gasteiger partial charge in [0.05, 0.1) is 30.4 Å². The van der Waals surface area contributed by atoms with Gasteiger partial charge in [0.1, 0.15) is 11.5 Å². The topological polar surface area (TPSA) is 93.1 Å². The number of ether oxygens (including phenoxy) is 2. The van der Waals surface area contributed by atoms with Crippen molar-refractivity contribution in [1.29, 1.82) is 0 Å². The van der Waals surface area contributed by atoms with E-state index in [4.69, 9.17) is 9.47 Å². The molecule has 1 fully saturated rings. The Bertz CT molecular complexity index is 1400. The lowest BCUT2D eigenvalue weighted by Crippen LogP contribution is -2.29. The molecule has 7 heteroatoms. The van der Waals surface area contributed by atoms with Crippen LogP contribution in [0.5, 0.6) is 5.75 Å². The SMILES string of the molecule is COc1ccc(/C(O)=C2/C(=O)C(=O)N(c3ccc(C(=O)OC(C)C)cc3)C2c2cccc(C)c2)c(C)c1. The summed E-state index contributed by atoms with van der Waals surface area (Å²) in [5, 5.41) is 11.4. The molecule has 4 rings (SSSR count). The molecule has 0 radical (unpaired) electrons. The summed E-state index contributed by atoms with van der Waals surface area (Å²) in [6.45, 7) is 7.24. The van der Waals surface area contributed by atoms with Crippen molar-refractivity contribution < 1.29 is 29.0 Å². The van der Waals surface area contributed by atoms with E-state index in [0.717, 1.165) is 5.56 Å². The van der Waals surface area contributed by atoms with Crippen LogP contribution in [-0.4, -0.2) is 36.0 Å². The molecule has 0 aromatic heterocycles. The van der Waals surface area contributed by atoms with Gasteiger partial charge < -0.3 is 14.6 Å². The van der Waals surface area contributed by atoms with Crippen LogP contribution in [0.25, 0.3) is 5.76 Å². The van der Waals surface area contributed by atoms with E-state index in [1.807, 2.05) is 31.2 Å². The van der Waals surface area contributed by atoms with Crippen LogP contribution in [0.2, 0.25) is 0 Å². The predicted octanol–water partition coefficient (Wildman–Crippen LogP) is 5.50. The number of methoxy groups -OCH3 is 1. The first kappa shape index (κ1) is 25.7. The van der Waals surface area contributed by atoms with Crippen LogP contribution < -0.4 is 9.64 Å². The number of aliphatic hydroxyl groups is 1. The number of benzene rings is 3. The molecular weight excluding hydrogens is 470 g/mol. The zero-order chi connectivity index (χ0) is 26.9. The van der Waals surface area contributed by atoms with Crippen LogP contribution in [0.4, 0.5) is 5.69 Å². The number of carbonyl (C=O) groups excluding carboxylic acids is 3. The lowest BCUT2D eigenvalue weighted by atomic mass is 9.93. The van der Waals surface area contributed by atoms with Crippen molar-refractivity contribution in [1.82, 2.24) is 0 Å². The summed E-state index contributed by atoms with van der Waals surface area (Å²) in [7, 11) is 1.55. The van der Waals surface area contributed by atoms with Crippen molar-refractivity contribution in [3.8, 4) is 5.75 Å². The van der Waals surface area contributed by atoms with Gasteiger partial charge in [-0.05, 0) is 81.3 Å². The van der Waals surface area contributed by atoms with E-state index >= 15 is 0 Å². The van der Waals surface area contributed by atoms with E-state index in [1.165, 1.54) is 4.90 Å². The number of anilines is 1. The molecule has 3 aromatic carbocycles. The number of aryl methyl sites for hydroxylation is 2. The number of rotatable bonds is 6. The molecule has 0 aliphatic carbocycles. The summed E-state index contributed by atoms with van der Waals surface area (Å²) < 4.78 is 10.5. The van der Waals surface area contributed by atoms with E-state index in [0.29, 0.717) is 33.7 Å². The number of esters is 1. The maximum absolute atomic E-state index is 13.4. The van der Waals surface area contributed by atoms with Gasteiger partial charge in [-0.2, -0.15) is 0 Å². The molecular formula is C30H29NO6. The van der Waals surface area contributed by atoms with Crippen molar-refractivity contribution in [2.45, 2.75) is 39.8 Å². The molecule has 1 atom stereocenters. The number of amides is 1. The molecule has 1 unspecified atom stereocenters. The van der Waals surface area contributed by atoms with E-state index in [9.17, 15) is 19.5 Å². The molecule has 0 spiro atoms. The monoisotopic (exact) mass is 499 g/mol. The van der Waals surface area contributed by atoms with Gasteiger partial charge in [-0.25, -0.2) is 4.79 Å². The van der Waals surface area contributed by atoms with Crippen LogP contribution in [0.15, 0.2) is 72.3 Å². The molecule has 0 saturated carbocycles. The Hall–Kier alpha value is -4.39. The first-order valence-corrected chi connectivity index (χ1v) is 12.0. The van der Waals surface area contributed by atoms with E-state index < -0.39 is 23.7 Å². The highest BCUT2D eigenvalue weighted by molar-refractivity contribution is 6.51. The van der Waals surface area contributed by atoms with E-state index in [-0.39, 0.29) is 17.4 Å². The third kappa shape index (κ3) is 4.98. The van der Waals surface area contributed by atoms with Crippen LogP contribution in [0.3, 0.4) is 0 Å². The van der Waals surface area contributed by atoms with Gasteiger partial charge >= 0.3 is 5.97 Å².